The number of ether oxygens (including phenoxy) is 2. The van der Waals surface area contributed by atoms with E-state index in [1.165, 1.54) is 13.1 Å². The Morgan fingerprint density at radius 2 is 2.12 bits per heavy atom. The third-order valence-electron chi connectivity index (χ3n) is 1.69. The molecular formula is C9H12N2O5. The summed E-state index contributed by atoms with van der Waals surface area (Å²) in [6, 6.07) is 0. The second kappa shape index (κ2) is 5.86. The fraction of sp³-hybridized carbons (Fsp3) is 0.444. The van der Waals surface area contributed by atoms with Crippen molar-refractivity contribution in [2.75, 3.05) is 13.2 Å². The molecule has 0 aliphatic carbocycles. The third kappa shape index (κ3) is 4.09. The molecule has 16 heavy (non-hydrogen) atoms. The molecule has 7 nitrogen and oxygen atoms in total. The number of hydrogen-bond donors (Lipinski definition) is 2. The lowest BCUT2D eigenvalue weighted by atomic mass is 10.4. The Hall–Kier alpha value is -1.89. The Morgan fingerprint density at radius 3 is 2.75 bits per heavy atom. The van der Waals surface area contributed by atoms with Gasteiger partial charge in [-0.25, -0.2) is 4.79 Å². The van der Waals surface area contributed by atoms with Gasteiger partial charge in [0.05, 0.1) is 18.8 Å². The van der Waals surface area contributed by atoms with Gasteiger partial charge in [0, 0.05) is 13.1 Å². The first-order chi connectivity index (χ1) is 7.59. The lowest BCUT2D eigenvalue weighted by Crippen LogP contribution is -2.25. The molecule has 0 fully saturated rings. The molecule has 0 aliphatic rings. The lowest BCUT2D eigenvalue weighted by molar-refractivity contribution is -0.142. The van der Waals surface area contributed by atoms with Crippen molar-refractivity contribution in [1.82, 2.24) is 9.97 Å². The van der Waals surface area contributed by atoms with E-state index < -0.39 is 11.2 Å². The van der Waals surface area contributed by atoms with Crippen molar-refractivity contribution in [1.29, 1.82) is 0 Å². The highest BCUT2D eigenvalue weighted by Crippen LogP contribution is 1.89. The first kappa shape index (κ1) is 12.2. The Morgan fingerprint density at radius 1 is 1.38 bits per heavy atom. The van der Waals surface area contributed by atoms with E-state index in [0.717, 1.165) is 0 Å². The molecule has 1 aromatic heterocycles. The van der Waals surface area contributed by atoms with Crippen LogP contribution < -0.4 is 11.2 Å². The van der Waals surface area contributed by atoms with Gasteiger partial charge in [0.1, 0.15) is 6.61 Å². The van der Waals surface area contributed by atoms with Gasteiger partial charge in [0.25, 0.3) is 5.56 Å². The van der Waals surface area contributed by atoms with Crippen molar-refractivity contribution in [3.05, 3.63) is 32.6 Å². The summed E-state index contributed by atoms with van der Waals surface area (Å²) in [4.78, 5) is 36.6. The van der Waals surface area contributed by atoms with Crippen LogP contribution in [0.3, 0.4) is 0 Å². The van der Waals surface area contributed by atoms with Crippen LogP contribution in [0.4, 0.5) is 0 Å². The molecule has 0 saturated carbocycles. The minimum atomic E-state index is -0.561. The molecule has 0 saturated heterocycles. The highest BCUT2D eigenvalue weighted by Gasteiger charge is 2.00. The van der Waals surface area contributed by atoms with Crippen LogP contribution in [0, 0.1) is 0 Å². The van der Waals surface area contributed by atoms with Crippen molar-refractivity contribution in [2.45, 2.75) is 13.5 Å². The van der Waals surface area contributed by atoms with Crippen molar-refractivity contribution < 1.29 is 14.3 Å². The van der Waals surface area contributed by atoms with Crippen LogP contribution in [0.25, 0.3) is 0 Å². The maximum Gasteiger partial charge on any atom is 0.325 e. The lowest BCUT2D eigenvalue weighted by Gasteiger charge is -2.03. The Kier molecular flexibility index (Phi) is 4.46. The van der Waals surface area contributed by atoms with E-state index >= 15 is 0 Å². The van der Waals surface area contributed by atoms with E-state index in [4.69, 9.17) is 4.74 Å². The number of rotatable bonds is 5. The minimum absolute atomic E-state index is 0.0490. The van der Waals surface area contributed by atoms with Gasteiger partial charge in [-0.2, -0.15) is 0 Å². The SMILES string of the molecule is CC(=O)OCCOCc1c[nH]c(=O)[nH]c1=O. The van der Waals surface area contributed by atoms with Gasteiger partial charge in [0.15, 0.2) is 0 Å². The van der Waals surface area contributed by atoms with Crippen LogP contribution in [0.5, 0.6) is 0 Å². The monoisotopic (exact) mass is 228 g/mol. The van der Waals surface area contributed by atoms with Crippen LogP contribution >= 0.6 is 0 Å². The van der Waals surface area contributed by atoms with E-state index in [1.807, 2.05) is 0 Å². The number of aromatic amines is 2. The molecule has 88 valence electrons. The van der Waals surface area contributed by atoms with E-state index in [1.54, 1.807) is 0 Å². The first-order valence-electron chi connectivity index (χ1n) is 4.61. The quantitative estimate of drug-likeness (QED) is 0.504. The highest BCUT2D eigenvalue weighted by molar-refractivity contribution is 5.65. The summed E-state index contributed by atoms with van der Waals surface area (Å²) in [6.07, 6.45) is 1.28. The smallest absolute Gasteiger partial charge is 0.325 e. The molecule has 0 radical (unpaired) electrons. The van der Waals surface area contributed by atoms with Gasteiger partial charge >= 0.3 is 11.7 Å². The molecule has 1 heterocycles. The van der Waals surface area contributed by atoms with Crippen molar-refractivity contribution in [2.24, 2.45) is 0 Å². The average Bonchev–Trinajstić information content (AvgIpc) is 2.20. The normalized spacial score (nSPS) is 10.1. The van der Waals surface area contributed by atoms with E-state index in [9.17, 15) is 14.4 Å². The molecule has 1 rings (SSSR count). The van der Waals surface area contributed by atoms with Crippen LogP contribution in [-0.4, -0.2) is 29.2 Å². The zero-order chi connectivity index (χ0) is 12.0. The second-order valence-corrected chi connectivity index (χ2v) is 2.99. The average molecular weight is 228 g/mol. The summed E-state index contributed by atoms with van der Waals surface area (Å²) in [5.41, 5.74) is -0.743. The standard InChI is InChI=1S/C9H12N2O5/c1-6(12)16-3-2-15-5-7-4-10-9(14)11-8(7)13/h4H,2-3,5H2,1H3,(H2,10,11,13,14). The van der Waals surface area contributed by atoms with Gasteiger partial charge in [-0.3, -0.25) is 14.6 Å². The molecular weight excluding hydrogens is 216 g/mol. The zero-order valence-electron chi connectivity index (χ0n) is 8.74. The van der Waals surface area contributed by atoms with E-state index in [0.29, 0.717) is 5.56 Å². The fourth-order valence-electron chi connectivity index (χ4n) is 0.971. The predicted molar refractivity (Wildman–Crippen MR) is 54.0 cm³/mol. The van der Waals surface area contributed by atoms with Crippen LogP contribution in [0.1, 0.15) is 12.5 Å². The molecule has 0 aliphatic heterocycles. The predicted octanol–water partition coefficient (Wildman–Crippen LogP) is -0.857. The molecule has 0 unspecified atom stereocenters. The van der Waals surface area contributed by atoms with E-state index in [-0.39, 0.29) is 25.8 Å². The molecule has 2 N–H and O–H groups in total. The largest absolute Gasteiger partial charge is 0.463 e. The Balaban J connectivity index is 2.35. The molecule has 7 heteroatoms. The summed E-state index contributed by atoms with van der Waals surface area (Å²) in [7, 11) is 0. The third-order valence-corrected chi connectivity index (χ3v) is 1.69. The summed E-state index contributed by atoms with van der Waals surface area (Å²) in [6.45, 7) is 1.68. The van der Waals surface area contributed by atoms with Gasteiger partial charge in [0.2, 0.25) is 0 Å². The number of H-pyrrole nitrogens is 2. The van der Waals surface area contributed by atoms with Gasteiger partial charge in [-0.1, -0.05) is 0 Å². The van der Waals surface area contributed by atoms with Gasteiger partial charge in [-0.15, -0.1) is 0 Å². The summed E-state index contributed by atoms with van der Waals surface area (Å²) >= 11 is 0. The molecule has 0 amide bonds. The Bertz CT molecular complexity index is 461. The molecule has 0 atom stereocenters. The topological polar surface area (TPSA) is 101 Å². The summed E-state index contributed by atoms with van der Waals surface area (Å²) in [5.74, 6) is -0.384. The Labute approximate surface area is 90.4 Å². The number of carbonyl (C=O) groups is 1. The van der Waals surface area contributed by atoms with Crippen molar-refractivity contribution in [3.63, 3.8) is 0 Å². The van der Waals surface area contributed by atoms with Crippen molar-refractivity contribution >= 4 is 5.97 Å². The summed E-state index contributed by atoms with van der Waals surface area (Å²) in [5, 5.41) is 0. The number of esters is 1. The number of carbonyl (C=O) groups excluding carboxylic acids is 1. The number of aromatic nitrogens is 2. The molecule has 0 spiro atoms. The first-order valence-corrected chi connectivity index (χ1v) is 4.61. The van der Waals surface area contributed by atoms with Crippen molar-refractivity contribution in [3.8, 4) is 0 Å². The molecule has 0 aromatic carbocycles. The fourth-order valence-corrected chi connectivity index (χ4v) is 0.971. The minimum Gasteiger partial charge on any atom is -0.463 e. The second-order valence-electron chi connectivity index (χ2n) is 2.99. The van der Waals surface area contributed by atoms with Crippen LogP contribution in [0.2, 0.25) is 0 Å². The maximum atomic E-state index is 11.2. The molecule has 1 aromatic rings. The van der Waals surface area contributed by atoms with Gasteiger partial charge < -0.3 is 14.5 Å². The molecule has 0 bridgehead atoms. The maximum absolute atomic E-state index is 11.2. The summed E-state index contributed by atoms with van der Waals surface area (Å²) < 4.78 is 9.69. The zero-order valence-corrected chi connectivity index (χ0v) is 8.74. The van der Waals surface area contributed by atoms with E-state index in [2.05, 4.69) is 14.7 Å². The van der Waals surface area contributed by atoms with Gasteiger partial charge in [-0.05, 0) is 0 Å². The highest BCUT2D eigenvalue weighted by atomic mass is 16.6. The van der Waals surface area contributed by atoms with Crippen LogP contribution in [0.15, 0.2) is 15.8 Å². The number of hydrogen-bond acceptors (Lipinski definition) is 5. The van der Waals surface area contributed by atoms with Crippen LogP contribution in [-0.2, 0) is 20.9 Å². The number of nitrogens with one attached hydrogen (secondary N) is 2.